The van der Waals surface area contributed by atoms with Gasteiger partial charge in [-0.3, -0.25) is 49.6 Å². The lowest BCUT2D eigenvalue weighted by molar-refractivity contribution is -0.383. The molecular formula is C68H65BrN8O6. The fourth-order valence-electron chi connectivity index (χ4n) is 9.50. The van der Waals surface area contributed by atoms with Crippen LogP contribution in [0, 0.1) is 51.7 Å². The molecule has 0 spiro atoms. The quantitative estimate of drug-likeness (QED) is 0.0688. The van der Waals surface area contributed by atoms with Crippen LogP contribution in [0.4, 0.5) is 11.4 Å². The number of rotatable bonds is 6. The molecule has 0 aliphatic rings. The molecule has 2 unspecified atom stereocenters. The van der Waals surface area contributed by atoms with Gasteiger partial charge in [-0.1, -0.05) is 113 Å². The van der Waals surface area contributed by atoms with E-state index in [0.717, 1.165) is 93.2 Å². The zero-order valence-electron chi connectivity index (χ0n) is 47.8. The fourth-order valence-corrected chi connectivity index (χ4v) is 10.00. The standard InChI is InChI=1S/C15H17NO2.C13H13NO2.C10H8BrN.C10H8N2O2.C10H10N2.C10H9N/c1-4-18-15(17)10(2)12-6-5-7-13-11(3)16-9-8-14(12)13;1-8(13(15)16)10-4-3-5-11-9(2)14-7-6-12(10)11;1-7-8-3-2-4-10(11)9(8)5-6-12-7;1-7-8-3-2-4-10(12(13)14)9(8)5-6-11-7;1-7-8-3-2-4-10(11)9(8)5-6-12-7;1-8-10-5-3-2-4-9(10)6-7-11-8/h5-10H,4H2,1-3H3;3-8H,1-2H3,(H,15,16);2-6H,1H3;2-6H,1H3;2-6H,11H2,1H3;2-7H,1H3. The van der Waals surface area contributed by atoms with Crippen molar-refractivity contribution < 1.29 is 24.4 Å². The van der Waals surface area contributed by atoms with E-state index in [9.17, 15) is 19.7 Å². The lowest BCUT2D eigenvalue weighted by atomic mass is 9.95. The molecule has 0 saturated heterocycles. The third-order valence-corrected chi connectivity index (χ3v) is 14.8. The van der Waals surface area contributed by atoms with Crippen molar-refractivity contribution in [2.24, 2.45) is 0 Å². The summed E-state index contributed by atoms with van der Waals surface area (Å²) in [6.07, 6.45) is 10.5. The van der Waals surface area contributed by atoms with Crippen molar-refractivity contribution in [3.05, 3.63) is 249 Å². The molecule has 0 amide bonds. The number of esters is 1. The van der Waals surface area contributed by atoms with Crippen molar-refractivity contribution in [1.82, 2.24) is 29.9 Å². The molecule has 0 bridgehead atoms. The number of carboxylic acid groups (broad SMARTS) is 1. The number of carbonyl (C=O) groups is 2. The van der Waals surface area contributed by atoms with Gasteiger partial charge >= 0.3 is 11.9 Å². The first-order chi connectivity index (χ1) is 39.9. The summed E-state index contributed by atoms with van der Waals surface area (Å²) >= 11 is 3.50. The number of nitro benzene ring substituents is 1. The molecular weight excluding hydrogens is 1100 g/mol. The van der Waals surface area contributed by atoms with E-state index < -0.39 is 11.9 Å². The van der Waals surface area contributed by atoms with Crippen LogP contribution in [-0.2, 0) is 14.3 Å². The molecule has 6 heterocycles. The molecule has 15 heteroatoms. The number of carbonyl (C=O) groups excluding carboxylic acids is 1. The van der Waals surface area contributed by atoms with Crippen LogP contribution in [0.1, 0.15) is 77.9 Å². The molecule has 420 valence electrons. The second-order valence-electron chi connectivity index (χ2n) is 19.4. The van der Waals surface area contributed by atoms with Crippen LogP contribution in [0.15, 0.2) is 193 Å². The van der Waals surface area contributed by atoms with Gasteiger partial charge in [0.25, 0.3) is 5.69 Å². The first-order valence-corrected chi connectivity index (χ1v) is 27.7. The summed E-state index contributed by atoms with van der Waals surface area (Å²) in [6.45, 7) is 17.6. The number of anilines is 1. The van der Waals surface area contributed by atoms with Gasteiger partial charge in [0.2, 0.25) is 0 Å². The van der Waals surface area contributed by atoms with Crippen LogP contribution in [-0.4, -0.2) is 58.5 Å². The van der Waals surface area contributed by atoms with Crippen molar-refractivity contribution in [3.63, 3.8) is 0 Å². The number of benzene rings is 6. The van der Waals surface area contributed by atoms with Crippen LogP contribution in [0.5, 0.6) is 0 Å². The first-order valence-electron chi connectivity index (χ1n) is 26.9. The highest BCUT2D eigenvalue weighted by atomic mass is 79.9. The molecule has 3 N–H and O–H groups in total. The summed E-state index contributed by atoms with van der Waals surface area (Å²) in [5.74, 6) is -1.73. The van der Waals surface area contributed by atoms with E-state index in [1.54, 1.807) is 43.8 Å². The highest BCUT2D eigenvalue weighted by Gasteiger charge is 2.20. The Labute approximate surface area is 490 Å². The number of hydrogen-bond acceptors (Lipinski definition) is 12. The first kappa shape index (κ1) is 61.0. The Hall–Kier alpha value is -9.60. The van der Waals surface area contributed by atoms with Gasteiger partial charge in [0, 0.05) is 125 Å². The van der Waals surface area contributed by atoms with E-state index in [4.69, 9.17) is 15.6 Å². The van der Waals surface area contributed by atoms with Crippen molar-refractivity contribution in [2.45, 2.75) is 74.1 Å². The summed E-state index contributed by atoms with van der Waals surface area (Å²) < 4.78 is 6.21. The number of aromatic nitrogens is 6. The smallest absolute Gasteiger partial charge is 0.313 e. The van der Waals surface area contributed by atoms with Gasteiger partial charge in [-0.15, -0.1) is 0 Å². The number of ether oxygens (including phenoxy) is 1. The van der Waals surface area contributed by atoms with Crippen LogP contribution >= 0.6 is 15.9 Å². The maximum absolute atomic E-state index is 11.8. The molecule has 0 aliphatic carbocycles. The molecule has 12 aromatic rings. The molecule has 83 heavy (non-hydrogen) atoms. The minimum atomic E-state index is -0.804. The number of hydrogen-bond donors (Lipinski definition) is 2. The van der Waals surface area contributed by atoms with Crippen LogP contribution < -0.4 is 5.73 Å². The number of halogens is 1. The number of fused-ring (bicyclic) bond motifs is 6. The predicted octanol–water partition coefficient (Wildman–Crippen LogP) is 16.4. The number of non-ortho nitro benzene ring substituents is 1. The Morgan fingerprint density at radius 2 is 0.855 bits per heavy atom. The van der Waals surface area contributed by atoms with Gasteiger partial charge in [-0.25, -0.2) is 0 Å². The zero-order chi connectivity index (χ0) is 59.7. The Bertz CT molecular complexity index is 4100. The fraction of sp³-hybridized carbons (Fsp3) is 0.176. The van der Waals surface area contributed by atoms with Crippen molar-refractivity contribution in [2.75, 3.05) is 12.3 Å². The van der Waals surface area contributed by atoms with E-state index in [-0.39, 0.29) is 22.5 Å². The summed E-state index contributed by atoms with van der Waals surface area (Å²) in [6, 6.07) is 48.5. The normalized spacial score (nSPS) is 11.3. The number of nitro groups is 1. The van der Waals surface area contributed by atoms with E-state index in [1.165, 1.54) is 27.6 Å². The van der Waals surface area contributed by atoms with E-state index in [1.807, 2.05) is 183 Å². The molecule has 0 aliphatic heterocycles. The van der Waals surface area contributed by atoms with Crippen molar-refractivity contribution in [3.8, 4) is 0 Å². The second-order valence-corrected chi connectivity index (χ2v) is 20.3. The van der Waals surface area contributed by atoms with E-state index in [0.29, 0.717) is 12.0 Å². The molecule has 0 radical (unpaired) electrons. The number of aliphatic carboxylic acids is 1. The van der Waals surface area contributed by atoms with Crippen LogP contribution in [0.3, 0.4) is 0 Å². The van der Waals surface area contributed by atoms with Crippen molar-refractivity contribution >= 4 is 104 Å². The van der Waals surface area contributed by atoms with Gasteiger partial charge in [0.05, 0.1) is 28.8 Å². The van der Waals surface area contributed by atoms with Crippen LogP contribution in [0.2, 0.25) is 0 Å². The summed E-state index contributed by atoms with van der Waals surface area (Å²) in [7, 11) is 0. The molecule has 6 aromatic carbocycles. The van der Waals surface area contributed by atoms with Gasteiger partial charge in [0.15, 0.2) is 0 Å². The number of nitrogens with zero attached hydrogens (tertiary/aromatic N) is 7. The maximum Gasteiger partial charge on any atom is 0.313 e. The SMILES string of the molecule is CCOC(=O)C(C)c1cccc2c(C)nccc12.Cc1nccc2c(Br)cccc12.Cc1nccc2c(C(C)C(=O)O)cccc12.Cc1nccc2c(N)cccc12.Cc1nccc2c([N+](=O)[O-])cccc12.Cc1nccc2ccccc12. The van der Waals surface area contributed by atoms with E-state index >= 15 is 0 Å². The lowest BCUT2D eigenvalue weighted by Crippen LogP contribution is -2.13. The molecule has 14 nitrogen and oxygen atoms in total. The molecule has 0 fully saturated rings. The van der Waals surface area contributed by atoms with Gasteiger partial charge in [-0.2, -0.15) is 0 Å². The minimum Gasteiger partial charge on any atom is -0.481 e. The summed E-state index contributed by atoms with van der Waals surface area (Å²) in [5.41, 5.74) is 14.5. The molecule has 12 rings (SSSR count). The molecule has 2 atom stereocenters. The van der Waals surface area contributed by atoms with Crippen LogP contribution in [0.25, 0.3) is 64.6 Å². The van der Waals surface area contributed by atoms with Gasteiger partial charge in [-0.05, 0) is 144 Å². The number of nitrogen functional groups attached to an aromatic ring is 1. The third-order valence-electron chi connectivity index (χ3n) is 14.1. The monoisotopic (exact) mass is 1170 g/mol. The predicted molar refractivity (Wildman–Crippen MR) is 339 cm³/mol. The Kier molecular flexibility index (Phi) is 21.1. The average Bonchev–Trinajstić information content (AvgIpc) is 3.68. The van der Waals surface area contributed by atoms with Crippen molar-refractivity contribution in [1.29, 1.82) is 0 Å². The number of aryl methyl sites for hydroxylation is 6. The summed E-state index contributed by atoms with van der Waals surface area (Å²) in [4.78, 5) is 58.4. The Morgan fingerprint density at radius 1 is 0.482 bits per heavy atom. The van der Waals surface area contributed by atoms with Gasteiger partial charge in [0.1, 0.15) is 0 Å². The number of pyridine rings is 6. The topological polar surface area (TPSA) is 210 Å². The van der Waals surface area contributed by atoms with Gasteiger partial charge < -0.3 is 15.6 Å². The highest BCUT2D eigenvalue weighted by Crippen LogP contribution is 2.30. The number of carboxylic acids is 1. The lowest BCUT2D eigenvalue weighted by Gasteiger charge is -2.14. The number of nitrogens with two attached hydrogens (primary N) is 1. The third kappa shape index (κ3) is 15.1. The maximum atomic E-state index is 11.8. The largest absolute Gasteiger partial charge is 0.481 e. The van der Waals surface area contributed by atoms with E-state index in [2.05, 4.69) is 64.0 Å². The second kappa shape index (κ2) is 28.7. The highest BCUT2D eigenvalue weighted by molar-refractivity contribution is 9.10. The molecule has 6 aromatic heterocycles. The average molecular weight is 1170 g/mol. The minimum absolute atomic E-state index is 0.132. The molecule has 0 saturated carbocycles. The Balaban J connectivity index is 0.000000144. The Morgan fingerprint density at radius 3 is 1.33 bits per heavy atom. The zero-order valence-corrected chi connectivity index (χ0v) is 49.4. The summed E-state index contributed by atoms with van der Waals surface area (Å²) in [5, 5.41) is 32.6.